The van der Waals surface area contributed by atoms with Crippen LogP contribution in [0.2, 0.25) is 0 Å². The maximum Gasteiger partial charge on any atom is 0.416 e. The largest absolute Gasteiger partial charge is 0.416 e. The number of nitrogens with two attached hydrogens (primary N) is 1. The molecule has 2 atom stereocenters. The summed E-state index contributed by atoms with van der Waals surface area (Å²) in [6.07, 6.45) is -0.341. The number of nitrogen functional groups attached to an aromatic ring is 1. The number of fused-ring (bicyclic) bond motifs is 2. The second kappa shape index (κ2) is 8.00. The van der Waals surface area contributed by atoms with Crippen LogP contribution in [0, 0.1) is 5.41 Å². The predicted molar refractivity (Wildman–Crippen MR) is 114 cm³/mol. The number of hydrogen-bond acceptors (Lipinski definition) is 4. The van der Waals surface area contributed by atoms with Crippen molar-refractivity contribution in [3.63, 3.8) is 0 Å². The smallest absolute Gasteiger partial charge is 0.398 e. The van der Waals surface area contributed by atoms with E-state index < -0.39 is 17.6 Å². The lowest BCUT2D eigenvalue weighted by atomic mass is 9.96. The summed E-state index contributed by atoms with van der Waals surface area (Å²) in [6.45, 7) is 0. The Morgan fingerprint density at radius 3 is 2.19 bits per heavy atom. The van der Waals surface area contributed by atoms with Gasteiger partial charge in [0.05, 0.1) is 5.56 Å². The number of carbonyl (C=O) groups excluding carboxylic acids is 1. The van der Waals surface area contributed by atoms with Crippen molar-refractivity contribution < 1.29 is 18.0 Å². The van der Waals surface area contributed by atoms with Crippen molar-refractivity contribution in [2.24, 2.45) is 0 Å². The third-order valence-corrected chi connectivity index (χ3v) is 6.53. The molecule has 8 heteroatoms. The number of benzene rings is 2. The van der Waals surface area contributed by atoms with Crippen LogP contribution in [0.3, 0.4) is 0 Å². The van der Waals surface area contributed by atoms with E-state index in [1.54, 1.807) is 18.2 Å². The first-order valence-electron chi connectivity index (χ1n) is 10.3. The van der Waals surface area contributed by atoms with Crippen LogP contribution in [0.25, 0.3) is 11.1 Å². The second-order valence-electron chi connectivity index (χ2n) is 8.44. The van der Waals surface area contributed by atoms with E-state index >= 15 is 0 Å². The fraction of sp³-hybridized carbons (Fsp3) is 0.391. The van der Waals surface area contributed by atoms with Crippen molar-refractivity contribution in [2.75, 3.05) is 12.8 Å². The van der Waals surface area contributed by atoms with Gasteiger partial charge in [-0.2, -0.15) is 13.2 Å². The Kier molecular flexibility index (Phi) is 5.51. The Hall–Kier alpha value is -2.87. The van der Waals surface area contributed by atoms with E-state index in [0.29, 0.717) is 28.8 Å². The lowest BCUT2D eigenvalue weighted by Crippen LogP contribution is -2.50. The first kappa shape index (κ1) is 21.4. The van der Waals surface area contributed by atoms with Gasteiger partial charge in [0.2, 0.25) is 0 Å². The van der Waals surface area contributed by atoms with Crippen LogP contribution in [-0.2, 0) is 11.0 Å². The molecule has 0 spiro atoms. The van der Waals surface area contributed by atoms with Crippen molar-refractivity contribution in [1.29, 1.82) is 5.41 Å². The molecule has 164 valence electrons. The van der Waals surface area contributed by atoms with Crippen LogP contribution < -0.4 is 11.1 Å². The molecule has 5 nitrogen and oxygen atoms in total. The normalized spacial score (nSPS) is 23.5. The standard InChI is InChI=1S/C23H25F3N4O/c1-30-17-7-8-18(30)12-16(11-17)29-22(31)21(28)19-9-4-14(10-20(19)27)13-2-5-15(6-3-13)23(24,25)26/h2-6,9-10,16-18,28H,7-8,11-12,27H2,1H3,(H,29,31). The molecule has 2 saturated heterocycles. The highest BCUT2D eigenvalue weighted by atomic mass is 19.4. The Balaban J connectivity index is 1.45. The van der Waals surface area contributed by atoms with Crippen LogP contribution >= 0.6 is 0 Å². The van der Waals surface area contributed by atoms with Crippen molar-refractivity contribution in [3.05, 3.63) is 53.6 Å². The third kappa shape index (κ3) is 4.30. The van der Waals surface area contributed by atoms with E-state index in [1.165, 1.54) is 12.1 Å². The minimum absolute atomic E-state index is 0.0502. The molecule has 0 radical (unpaired) electrons. The van der Waals surface area contributed by atoms with E-state index in [9.17, 15) is 18.0 Å². The molecular formula is C23H25F3N4O. The summed E-state index contributed by atoms with van der Waals surface area (Å²) in [5.41, 5.74) is 6.91. The van der Waals surface area contributed by atoms with Gasteiger partial charge in [-0.1, -0.05) is 18.2 Å². The third-order valence-electron chi connectivity index (χ3n) is 6.53. The first-order chi connectivity index (χ1) is 14.6. The molecule has 4 rings (SSSR count). The lowest BCUT2D eigenvalue weighted by molar-refractivity contribution is -0.137. The zero-order chi connectivity index (χ0) is 22.3. The number of alkyl halides is 3. The summed E-state index contributed by atoms with van der Waals surface area (Å²) in [5, 5.41) is 11.3. The number of carbonyl (C=O) groups is 1. The van der Waals surface area contributed by atoms with Gasteiger partial charge < -0.3 is 16.0 Å². The lowest BCUT2D eigenvalue weighted by Gasteiger charge is -2.36. The first-order valence-corrected chi connectivity index (χ1v) is 10.3. The van der Waals surface area contributed by atoms with Gasteiger partial charge in [0.15, 0.2) is 0 Å². The summed E-state index contributed by atoms with van der Waals surface area (Å²) in [4.78, 5) is 15.0. The molecule has 0 saturated carbocycles. The molecule has 2 bridgehead atoms. The molecule has 2 aromatic carbocycles. The highest BCUT2D eigenvalue weighted by Crippen LogP contribution is 2.34. The molecular weight excluding hydrogens is 405 g/mol. The van der Waals surface area contributed by atoms with Gasteiger partial charge in [-0.05, 0) is 68.1 Å². The average Bonchev–Trinajstić information content (AvgIpc) is 2.93. The summed E-state index contributed by atoms with van der Waals surface area (Å²) in [7, 11) is 2.13. The molecule has 2 unspecified atom stereocenters. The Morgan fingerprint density at radius 2 is 1.65 bits per heavy atom. The van der Waals surface area contributed by atoms with E-state index in [4.69, 9.17) is 11.1 Å². The van der Waals surface area contributed by atoms with Gasteiger partial charge in [-0.25, -0.2) is 0 Å². The van der Waals surface area contributed by atoms with Gasteiger partial charge in [0.1, 0.15) is 5.71 Å². The highest BCUT2D eigenvalue weighted by molar-refractivity contribution is 6.45. The SMILES string of the molecule is CN1C2CCC1CC(NC(=O)C(=N)c1ccc(-c3ccc(C(F)(F)F)cc3)cc1N)C2. The molecule has 2 heterocycles. The number of nitrogens with zero attached hydrogens (tertiary/aromatic N) is 1. The highest BCUT2D eigenvalue weighted by Gasteiger charge is 2.39. The van der Waals surface area contributed by atoms with Gasteiger partial charge in [-0.15, -0.1) is 0 Å². The minimum atomic E-state index is -4.39. The molecule has 4 N–H and O–H groups in total. The van der Waals surface area contributed by atoms with Crippen LogP contribution in [0.15, 0.2) is 42.5 Å². The van der Waals surface area contributed by atoms with Crippen LogP contribution in [-0.4, -0.2) is 41.7 Å². The van der Waals surface area contributed by atoms with E-state index in [1.807, 2.05) is 0 Å². The monoisotopic (exact) mass is 430 g/mol. The van der Waals surface area contributed by atoms with Crippen LogP contribution in [0.5, 0.6) is 0 Å². The maximum absolute atomic E-state index is 12.8. The quantitative estimate of drug-likeness (QED) is 0.505. The number of amides is 1. The molecule has 0 aromatic heterocycles. The Morgan fingerprint density at radius 1 is 1.06 bits per heavy atom. The van der Waals surface area contributed by atoms with Crippen molar-refractivity contribution in [2.45, 2.75) is 50.0 Å². The van der Waals surface area contributed by atoms with Gasteiger partial charge >= 0.3 is 6.18 Å². The van der Waals surface area contributed by atoms with E-state index in [-0.39, 0.29) is 17.4 Å². The fourth-order valence-electron chi connectivity index (χ4n) is 4.73. The molecule has 31 heavy (non-hydrogen) atoms. The molecule has 0 aliphatic carbocycles. The number of anilines is 1. The summed E-state index contributed by atoms with van der Waals surface area (Å²) < 4.78 is 38.3. The molecule has 1 amide bonds. The average molecular weight is 430 g/mol. The number of rotatable bonds is 4. The summed E-state index contributed by atoms with van der Waals surface area (Å²) >= 11 is 0. The van der Waals surface area contributed by atoms with Gasteiger partial charge in [-0.3, -0.25) is 10.2 Å². The zero-order valence-electron chi connectivity index (χ0n) is 17.2. The van der Waals surface area contributed by atoms with E-state index in [2.05, 4.69) is 17.3 Å². The predicted octanol–water partition coefficient (Wildman–Crippen LogP) is 4.06. The molecule has 2 aromatic rings. The number of nitrogens with one attached hydrogen (secondary N) is 2. The summed E-state index contributed by atoms with van der Waals surface area (Å²) in [5.74, 6) is -0.456. The molecule has 2 fully saturated rings. The van der Waals surface area contributed by atoms with Crippen LogP contribution in [0.1, 0.15) is 36.8 Å². The summed E-state index contributed by atoms with van der Waals surface area (Å²) in [6, 6.07) is 10.6. The van der Waals surface area contributed by atoms with E-state index in [0.717, 1.165) is 37.8 Å². The maximum atomic E-state index is 12.8. The molecule has 2 aliphatic heterocycles. The molecule has 2 aliphatic rings. The second-order valence-corrected chi connectivity index (χ2v) is 8.44. The number of piperidine rings is 1. The van der Waals surface area contributed by atoms with Crippen molar-refractivity contribution in [1.82, 2.24) is 10.2 Å². The van der Waals surface area contributed by atoms with Gasteiger partial charge in [0, 0.05) is 29.4 Å². The topological polar surface area (TPSA) is 82.2 Å². The Labute approximate surface area is 178 Å². The minimum Gasteiger partial charge on any atom is -0.398 e. The number of hydrogen-bond donors (Lipinski definition) is 3. The van der Waals surface area contributed by atoms with Gasteiger partial charge in [0.25, 0.3) is 5.91 Å². The van der Waals surface area contributed by atoms with Crippen molar-refractivity contribution >= 4 is 17.3 Å². The number of halogens is 3. The fourth-order valence-corrected chi connectivity index (χ4v) is 4.73. The van der Waals surface area contributed by atoms with Crippen LogP contribution in [0.4, 0.5) is 18.9 Å². The zero-order valence-corrected chi connectivity index (χ0v) is 17.2. The Bertz CT molecular complexity index is 989. The van der Waals surface area contributed by atoms with Crippen molar-refractivity contribution in [3.8, 4) is 11.1 Å².